The number of hydrogen-bond donors (Lipinski definition) is 3. The van der Waals surface area contributed by atoms with E-state index in [4.69, 9.17) is 21.1 Å². The van der Waals surface area contributed by atoms with Crippen LogP contribution in [0.1, 0.15) is 77.6 Å². The first kappa shape index (κ1) is 43.7. The minimum atomic E-state index is -0.529. The van der Waals surface area contributed by atoms with E-state index in [0.29, 0.717) is 101 Å². The molecule has 0 bridgehead atoms. The minimum absolute atomic E-state index is 0.0578. The number of halogens is 1. The first-order valence-corrected chi connectivity index (χ1v) is 22.8. The maximum atomic E-state index is 13.9. The standard InChI is InChI=1S/C48H52ClN9O7/c1-64-40-10-7-31(26-39(40)58-24-17-41(59)54-48(58)63)47(62)57-22-15-33(16-23-57)55-18-11-30(12-19-55)25-42(60)56-20-13-32(14-21-56)53-46-43-37(28-50-45(43)51-29-52-46)44(61)36-9-8-35(27-38(36)49)65-34-5-3-2-4-6-34/h2-10,26-30,32-33H,11-25H2,1H3,(H,54,59,63)(H2,50,51,52,53). The Morgan fingerprint density at radius 2 is 1.57 bits per heavy atom. The lowest BCUT2D eigenvalue weighted by atomic mass is 9.90. The van der Waals surface area contributed by atoms with Crippen LogP contribution < -0.4 is 25.0 Å². The Labute approximate surface area is 381 Å². The second kappa shape index (κ2) is 19.3. The molecule has 3 N–H and O–H groups in total. The number of aromatic amines is 1. The molecule has 0 spiro atoms. The molecule has 0 aliphatic carbocycles. The monoisotopic (exact) mass is 901 g/mol. The summed E-state index contributed by atoms with van der Waals surface area (Å²) in [7, 11) is 1.51. The summed E-state index contributed by atoms with van der Waals surface area (Å²) in [5.41, 5.74) is 2.22. The molecule has 0 saturated carbocycles. The van der Waals surface area contributed by atoms with Gasteiger partial charge in [-0.15, -0.1) is 0 Å². The number of aromatic nitrogens is 3. The van der Waals surface area contributed by atoms with E-state index in [9.17, 15) is 24.0 Å². The zero-order chi connectivity index (χ0) is 45.0. The average molecular weight is 902 g/mol. The topological polar surface area (TPSA) is 182 Å². The van der Waals surface area contributed by atoms with Crippen LogP contribution in [0.4, 0.5) is 16.3 Å². The highest BCUT2D eigenvalue weighted by atomic mass is 35.5. The van der Waals surface area contributed by atoms with Gasteiger partial charge in [0.2, 0.25) is 11.8 Å². The number of imide groups is 1. The van der Waals surface area contributed by atoms with E-state index in [2.05, 4.69) is 30.5 Å². The lowest BCUT2D eigenvalue weighted by Gasteiger charge is -2.42. The molecule has 0 atom stereocenters. The first-order chi connectivity index (χ1) is 31.6. The fourth-order valence-electron chi connectivity index (χ4n) is 9.57. The van der Waals surface area contributed by atoms with Gasteiger partial charge in [-0.05, 0) is 100.0 Å². The average Bonchev–Trinajstić information content (AvgIpc) is 3.77. The third kappa shape index (κ3) is 9.64. The third-order valence-corrected chi connectivity index (χ3v) is 13.5. The summed E-state index contributed by atoms with van der Waals surface area (Å²) >= 11 is 6.63. The molecular formula is C48H52ClN9O7. The lowest BCUT2D eigenvalue weighted by molar-refractivity contribution is -0.133. The van der Waals surface area contributed by atoms with Crippen LogP contribution in [0.3, 0.4) is 0 Å². The van der Waals surface area contributed by atoms with E-state index in [1.807, 2.05) is 40.1 Å². The van der Waals surface area contributed by atoms with Crippen LogP contribution in [-0.2, 0) is 9.59 Å². The molecule has 338 valence electrons. The van der Waals surface area contributed by atoms with Crippen LogP contribution >= 0.6 is 11.6 Å². The number of ether oxygens (including phenoxy) is 2. The molecule has 5 amide bonds. The van der Waals surface area contributed by atoms with Gasteiger partial charge in [0.1, 0.15) is 35.0 Å². The molecule has 0 unspecified atom stereocenters. The maximum Gasteiger partial charge on any atom is 0.328 e. The van der Waals surface area contributed by atoms with Crippen LogP contribution in [-0.4, -0.2) is 124 Å². The smallest absolute Gasteiger partial charge is 0.328 e. The number of carbonyl (C=O) groups is 5. The number of nitrogens with zero attached hydrogens (tertiary/aromatic N) is 6. The Morgan fingerprint density at radius 3 is 2.29 bits per heavy atom. The van der Waals surface area contributed by atoms with Crippen molar-refractivity contribution in [1.82, 2.24) is 35.0 Å². The van der Waals surface area contributed by atoms with Crippen LogP contribution in [0.15, 0.2) is 79.3 Å². The molecule has 4 aliphatic rings. The molecule has 3 aromatic carbocycles. The molecule has 2 aromatic heterocycles. The number of anilines is 2. The number of nitrogens with one attached hydrogen (secondary N) is 3. The number of carbonyl (C=O) groups excluding carboxylic acids is 5. The number of para-hydroxylation sites is 1. The number of H-pyrrole nitrogens is 1. The number of piperidine rings is 3. The number of benzene rings is 3. The summed E-state index contributed by atoms with van der Waals surface area (Å²) in [6.45, 7) is 4.62. The van der Waals surface area contributed by atoms with E-state index < -0.39 is 6.03 Å². The Kier molecular flexibility index (Phi) is 13.0. The van der Waals surface area contributed by atoms with Gasteiger partial charge < -0.3 is 34.5 Å². The van der Waals surface area contributed by atoms with Gasteiger partial charge in [0, 0.05) is 81.0 Å². The van der Waals surface area contributed by atoms with E-state index in [1.54, 1.807) is 42.6 Å². The van der Waals surface area contributed by atoms with Gasteiger partial charge in [-0.25, -0.2) is 14.8 Å². The number of rotatable bonds is 12. The van der Waals surface area contributed by atoms with Crippen molar-refractivity contribution in [1.29, 1.82) is 0 Å². The molecule has 4 fully saturated rings. The molecule has 6 heterocycles. The molecule has 5 aromatic rings. The molecule has 65 heavy (non-hydrogen) atoms. The van der Waals surface area contributed by atoms with Crippen molar-refractivity contribution >= 4 is 63.7 Å². The Hall–Kier alpha value is -6.52. The number of likely N-dealkylation sites (tertiary alicyclic amines) is 3. The molecular weight excluding hydrogens is 850 g/mol. The van der Waals surface area contributed by atoms with Gasteiger partial charge in [-0.1, -0.05) is 29.8 Å². The molecule has 4 aliphatic heterocycles. The highest BCUT2D eigenvalue weighted by Gasteiger charge is 2.33. The Bertz CT molecular complexity index is 2580. The second-order valence-electron chi connectivity index (χ2n) is 17.2. The maximum absolute atomic E-state index is 13.9. The van der Waals surface area contributed by atoms with Crippen molar-refractivity contribution in [3.63, 3.8) is 0 Å². The van der Waals surface area contributed by atoms with Gasteiger partial charge in [-0.2, -0.15) is 0 Å². The first-order valence-electron chi connectivity index (χ1n) is 22.4. The Morgan fingerprint density at radius 1 is 0.815 bits per heavy atom. The number of urea groups is 1. The van der Waals surface area contributed by atoms with Crippen LogP contribution in [0.2, 0.25) is 5.02 Å². The van der Waals surface area contributed by atoms with Crippen molar-refractivity contribution in [3.05, 3.63) is 101 Å². The lowest BCUT2D eigenvalue weighted by Crippen LogP contribution is -2.50. The van der Waals surface area contributed by atoms with E-state index in [1.165, 1.54) is 18.3 Å². The van der Waals surface area contributed by atoms with E-state index in [-0.39, 0.29) is 47.5 Å². The van der Waals surface area contributed by atoms with Crippen LogP contribution in [0.5, 0.6) is 17.2 Å². The molecule has 16 nitrogen and oxygen atoms in total. The largest absolute Gasteiger partial charge is 0.495 e. The van der Waals surface area contributed by atoms with Gasteiger partial charge >= 0.3 is 6.03 Å². The fraction of sp³-hybridized carbons (Fsp3) is 0.396. The minimum Gasteiger partial charge on any atom is -0.495 e. The SMILES string of the molecule is COc1ccc(C(=O)N2CCC(N3CCC(CC(=O)N4CCC(Nc5ncnc6[nH]cc(C(=O)c7ccc(Oc8ccccc8)cc7Cl)c56)CC4)CC3)CC2)cc1N1CCC(=O)NC1=O. The fourth-order valence-corrected chi connectivity index (χ4v) is 9.83. The predicted molar refractivity (Wildman–Crippen MR) is 245 cm³/mol. The second-order valence-corrected chi connectivity index (χ2v) is 17.6. The summed E-state index contributed by atoms with van der Waals surface area (Å²) < 4.78 is 11.4. The van der Waals surface area contributed by atoms with E-state index in [0.717, 1.165) is 51.6 Å². The zero-order valence-electron chi connectivity index (χ0n) is 36.3. The van der Waals surface area contributed by atoms with Crippen LogP contribution in [0, 0.1) is 5.92 Å². The van der Waals surface area contributed by atoms with Crippen molar-refractivity contribution in [2.75, 3.05) is 63.1 Å². The molecule has 4 saturated heterocycles. The summed E-state index contributed by atoms with van der Waals surface area (Å²) in [5, 5.41) is 6.75. The van der Waals surface area contributed by atoms with Gasteiger partial charge in [0.15, 0.2) is 5.78 Å². The number of amides is 5. The predicted octanol–water partition coefficient (Wildman–Crippen LogP) is 6.90. The van der Waals surface area contributed by atoms with Crippen molar-refractivity contribution in [2.24, 2.45) is 5.92 Å². The number of hydrogen-bond acceptors (Lipinski definition) is 11. The molecule has 9 rings (SSSR count). The normalized spacial score (nSPS) is 18.2. The number of methoxy groups -OCH3 is 1. The summed E-state index contributed by atoms with van der Waals surface area (Å²) in [5.74, 6) is 2.06. The third-order valence-electron chi connectivity index (χ3n) is 13.2. The van der Waals surface area contributed by atoms with Crippen LogP contribution in [0.25, 0.3) is 11.0 Å². The molecule has 0 radical (unpaired) electrons. The van der Waals surface area contributed by atoms with Crippen molar-refractivity contribution in [2.45, 2.75) is 63.5 Å². The van der Waals surface area contributed by atoms with Gasteiger partial charge in [0.05, 0.1) is 28.8 Å². The number of fused-ring (bicyclic) bond motifs is 1. The number of ketones is 1. The molecule has 17 heteroatoms. The van der Waals surface area contributed by atoms with Crippen molar-refractivity contribution in [3.8, 4) is 17.2 Å². The van der Waals surface area contributed by atoms with Crippen molar-refractivity contribution < 1.29 is 33.4 Å². The van der Waals surface area contributed by atoms with E-state index >= 15 is 0 Å². The van der Waals surface area contributed by atoms with Gasteiger partial charge in [0.25, 0.3) is 5.91 Å². The highest BCUT2D eigenvalue weighted by molar-refractivity contribution is 6.35. The Balaban J connectivity index is 0.728. The zero-order valence-corrected chi connectivity index (χ0v) is 37.0. The summed E-state index contributed by atoms with van der Waals surface area (Å²) in [6, 6.07) is 19.4. The van der Waals surface area contributed by atoms with Gasteiger partial charge in [-0.3, -0.25) is 29.4 Å². The summed E-state index contributed by atoms with van der Waals surface area (Å²) in [6.07, 6.45) is 8.98. The highest BCUT2D eigenvalue weighted by Crippen LogP contribution is 2.34. The summed E-state index contributed by atoms with van der Waals surface area (Å²) in [4.78, 5) is 85.2. The quantitative estimate of drug-likeness (QED) is 0.111.